The molecule has 0 aliphatic carbocycles. The zero-order valence-electron chi connectivity index (χ0n) is 13.1. The van der Waals surface area contributed by atoms with Gasteiger partial charge in [-0.25, -0.2) is 8.42 Å². The Labute approximate surface area is 141 Å². The maximum absolute atomic E-state index is 13.0. The third kappa shape index (κ3) is 2.91. The molecular weight excluding hydrogens is 336 g/mol. The molecule has 0 radical (unpaired) electrons. The van der Waals surface area contributed by atoms with Gasteiger partial charge in [-0.2, -0.15) is 4.31 Å². The van der Waals surface area contributed by atoms with Gasteiger partial charge < -0.3 is 4.52 Å². The van der Waals surface area contributed by atoms with Crippen LogP contribution < -0.4 is 0 Å². The van der Waals surface area contributed by atoms with Crippen LogP contribution in [0.2, 0.25) is 5.02 Å². The van der Waals surface area contributed by atoms with Gasteiger partial charge in [0.15, 0.2) is 0 Å². The van der Waals surface area contributed by atoms with Crippen LogP contribution in [0.1, 0.15) is 42.8 Å². The minimum atomic E-state index is -3.60. The molecule has 1 aromatic carbocycles. The van der Waals surface area contributed by atoms with E-state index >= 15 is 0 Å². The molecule has 1 aliphatic heterocycles. The maximum atomic E-state index is 13.0. The molecule has 0 unspecified atom stereocenters. The highest BCUT2D eigenvalue weighted by molar-refractivity contribution is 7.89. The quantitative estimate of drug-likeness (QED) is 0.839. The second-order valence-electron chi connectivity index (χ2n) is 5.69. The number of benzene rings is 1. The van der Waals surface area contributed by atoms with E-state index in [2.05, 4.69) is 5.16 Å². The first-order valence-corrected chi connectivity index (χ1v) is 9.49. The summed E-state index contributed by atoms with van der Waals surface area (Å²) in [6, 6.07) is 6.18. The molecule has 2 heterocycles. The fourth-order valence-electron chi connectivity index (χ4n) is 3.18. The third-order valence-electron chi connectivity index (χ3n) is 4.24. The van der Waals surface area contributed by atoms with Crippen molar-refractivity contribution >= 4 is 21.6 Å². The highest BCUT2D eigenvalue weighted by Gasteiger charge is 2.39. The molecule has 0 amide bonds. The van der Waals surface area contributed by atoms with Gasteiger partial charge in [0.25, 0.3) is 0 Å². The Balaban J connectivity index is 2.03. The Bertz CT molecular complexity index is 816. The van der Waals surface area contributed by atoms with Gasteiger partial charge in [-0.3, -0.25) is 0 Å². The lowest BCUT2D eigenvalue weighted by Gasteiger charge is -2.24. The second kappa shape index (κ2) is 6.26. The number of rotatable bonds is 4. The van der Waals surface area contributed by atoms with Crippen molar-refractivity contribution in [2.75, 3.05) is 6.54 Å². The summed E-state index contributed by atoms with van der Waals surface area (Å²) in [5.41, 5.74) is 1.68. The van der Waals surface area contributed by atoms with Gasteiger partial charge in [-0.1, -0.05) is 29.7 Å². The van der Waals surface area contributed by atoms with E-state index in [9.17, 15) is 8.42 Å². The van der Waals surface area contributed by atoms with Gasteiger partial charge in [-0.05, 0) is 38.0 Å². The molecule has 23 heavy (non-hydrogen) atoms. The van der Waals surface area contributed by atoms with E-state index in [4.69, 9.17) is 16.1 Å². The normalized spacial score (nSPS) is 19.3. The van der Waals surface area contributed by atoms with Crippen LogP contribution in [0.25, 0.3) is 0 Å². The Morgan fingerprint density at radius 1 is 1.43 bits per heavy atom. The predicted octanol–water partition coefficient (Wildman–Crippen LogP) is 3.72. The van der Waals surface area contributed by atoms with Crippen molar-refractivity contribution in [2.24, 2.45) is 0 Å². The number of aryl methyl sites for hydroxylation is 2. The lowest BCUT2D eigenvalue weighted by atomic mass is 10.0. The minimum absolute atomic E-state index is 0.222. The van der Waals surface area contributed by atoms with Crippen molar-refractivity contribution in [3.63, 3.8) is 0 Å². The van der Waals surface area contributed by atoms with E-state index in [1.807, 2.05) is 13.8 Å². The van der Waals surface area contributed by atoms with E-state index in [0.29, 0.717) is 18.0 Å². The first kappa shape index (κ1) is 16.5. The minimum Gasteiger partial charge on any atom is -0.361 e. The molecule has 124 valence electrons. The number of sulfonamides is 1. The molecule has 0 bridgehead atoms. The van der Waals surface area contributed by atoms with Crippen LogP contribution in [0.5, 0.6) is 0 Å². The van der Waals surface area contributed by atoms with Crippen LogP contribution in [-0.2, 0) is 16.4 Å². The Kier molecular flexibility index (Phi) is 4.49. The zero-order valence-corrected chi connectivity index (χ0v) is 14.7. The lowest BCUT2D eigenvalue weighted by molar-refractivity contribution is 0.368. The van der Waals surface area contributed by atoms with E-state index in [-0.39, 0.29) is 10.9 Å². The fraction of sp³-hybridized carbons (Fsp3) is 0.438. The summed E-state index contributed by atoms with van der Waals surface area (Å²) in [4.78, 5) is 0.226. The third-order valence-corrected chi connectivity index (χ3v) is 6.38. The first-order valence-electron chi connectivity index (χ1n) is 7.67. The number of halogens is 1. The Hall–Kier alpha value is -1.37. The monoisotopic (exact) mass is 354 g/mol. The van der Waals surface area contributed by atoms with Crippen molar-refractivity contribution in [3.05, 3.63) is 46.3 Å². The lowest BCUT2D eigenvalue weighted by Crippen LogP contribution is -2.31. The molecule has 1 aromatic heterocycles. The van der Waals surface area contributed by atoms with Crippen molar-refractivity contribution in [1.29, 1.82) is 0 Å². The summed E-state index contributed by atoms with van der Waals surface area (Å²) in [5, 5.41) is 4.43. The summed E-state index contributed by atoms with van der Waals surface area (Å²) < 4.78 is 32.9. The molecule has 0 N–H and O–H groups in total. The highest BCUT2D eigenvalue weighted by Crippen LogP contribution is 2.39. The second-order valence-corrected chi connectivity index (χ2v) is 8.02. The summed E-state index contributed by atoms with van der Waals surface area (Å²) in [6.45, 7) is 4.34. The Morgan fingerprint density at radius 3 is 2.91 bits per heavy atom. The van der Waals surface area contributed by atoms with Gasteiger partial charge in [0.2, 0.25) is 10.0 Å². The predicted molar refractivity (Wildman–Crippen MR) is 87.9 cm³/mol. The summed E-state index contributed by atoms with van der Waals surface area (Å²) >= 11 is 5.96. The topological polar surface area (TPSA) is 63.4 Å². The van der Waals surface area contributed by atoms with E-state index in [0.717, 1.165) is 29.9 Å². The summed E-state index contributed by atoms with van der Waals surface area (Å²) in [6.07, 6.45) is 2.28. The van der Waals surface area contributed by atoms with Crippen molar-refractivity contribution in [3.8, 4) is 0 Å². The molecule has 0 spiro atoms. The van der Waals surface area contributed by atoms with Crippen molar-refractivity contribution < 1.29 is 12.9 Å². The van der Waals surface area contributed by atoms with Crippen LogP contribution in [0.15, 0.2) is 33.7 Å². The molecule has 3 rings (SSSR count). The van der Waals surface area contributed by atoms with Gasteiger partial charge in [0.05, 0.1) is 16.6 Å². The zero-order chi connectivity index (χ0) is 16.6. The van der Waals surface area contributed by atoms with E-state index in [1.54, 1.807) is 22.5 Å². The Morgan fingerprint density at radius 2 is 2.22 bits per heavy atom. The summed E-state index contributed by atoms with van der Waals surface area (Å²) in [5.74, 6) is 0.765. The molecule has 1 fully saturated rings. The van der Waals surface area contributed by atoms with Gasteiger partial charge >= 0.3 is 0 Å². The van der Waals surface area contributed by atoms with Crippen LogP contribution >= 0.6 is 11.6 Å². The van der Waals surface area contributed by atoms with Gasteiger partial charge in [0.1, 0.15) is 5.76 Å². The van der Waals surface area contributed by atoms with Crippen LogP contribution in [-0.4, -0.2) is 24.4 Å². The molecule has 1 aliphatic rings. The van der Waals surface area contributed by atoms with Gasteiger partial charge in [-0.15, -0.1) is 0 Å². The fourth-order valence-corrected chi connectivity index (χ4v) is 5.15. The largest absolute Gasteiger partial charge is 0.361 e. The smallest absolute Gasteiger partial charge is 0.243 e. The number of hydrogen-bond acceptors (Lipinski definition) is 4. The van der Waals surface area contributed by atoms with E-state index < -0.39 is 10.0 Å². The average molecular weight is 355 g/mol. The standard InChI is InChI=1S/C16H19ClN2O3S/c1-3-15-16(11(2)18-22-15)14-8-5-9-19(14)23(20,21)13-7-4-6-12(17)10-13/h4,6-7,10,14H,3,5,8-9H2,1-2H3/t14-/m1/s1. The number of hydrogen-bond donors (Lipinski definition) is 0. The molecule has 0 saturated carbocycles. The molecule has 2 aromatic rings. The average Bonchev–Trinajstić information content (AvgIpc) is 3.13. The molecule has 1 atom stereocenters. The highest BCUT2D eigenvalue weighted by atomic mass is 35.5. The molecular formula is C16H19ClN2O3S. The van der Waals surface area contributed by atoms with Crippen LogP contribution in [0.4, 0.5) is 0 Å². The number of aromatic nitrogens is 1. The molecule has 1 saturated heterocycles. The van der Waals surface area contributed by atoms with Crippen LogP contribution in [0.3, 0.4) is 0 Å². The van der Waals surface area contributed by atoms with Gasteiger partial charge in [0, 0.05) is 23.6 Å². The maximum Gasteiger partial charge on any atom is 0.243 e. The number of nitrogens with zero attached hydrogens (tertiary/aromatic N) is 2. The first-order chi connectivity index (χ1) is 10.9. The van der Waals surface area contributed by atoms with Crippen molar-refractivity contribution in [2.45, 2.75) is 44.0 Å². The molecule has 5 nitrogen and oxygen atoms in total. The van der Waals surface area contributed by atoms with E-state index in [1.165, 1.54) is 6.07 Å². The molecule has 7 heteroatoms. The SMILES string of the molecule is CCc1onc(C)c1[C@H]1CCCN1S(=O)(=O)c1cccc(Cl)c1. The summed E-state index contributed by atoms with van der Waals surface area (Å²) in [7, 11) is -3.60. The van der Waals surface area contributed by atoms with Crippen molar-refractivity contribution in [1.82, 2.24) is 9.46 Å². The van der Waals surface area contributed by atoms with Crippen LogP contribution in [0, 0.1) is 6.92 Å².